The lowest BCUT2D eigenvalue weighted by molar-refractivity contribution is -0.144. The molecule has 0 fully saturated rings. The zero-order valence-electron chi connectivity index (χ0n) is 23.3. The van der Waals surface area contributed by atoms with Gasteiger partial charge in [0.05, 0.1) is 25.0 Å². The lowest BCUT2D eigenvalue weighted by Gasteiger charge is -2.27. The van der Waals surface area contributed by atoms with Crippen LogP contribution in [-0.4, -0.2) is 119 Å². The second kappa shape index (κ2) is 19.5. The second-order valence-electron chi connectivity index (χ2n) is 9.09. The number of nitrogens with zero attached hydrogens (tertiary/aromatic N) is 1. The van der Waals surface area contributed by atoms with Crippen molar-refractivity contribution >= 4 is 47.4 Å². The molecule has 19 heteroatoms. The summed E-state index contributed by atoms with van der Waals surface area (Å²) in [7, 11) is 1.36. The van der Waals surface area contributed by atoms with Gasteiger partial charge in [0.2, 0.25) is 29.5 Å². The predicted octanol–water partition coefficient (Wildman–Crippen LogP) is -5.31. The SMILES string of the molecule is CNC(=O)CC[C@@H](NC(=O)[C@@H](C)[C@H](CO)NC(=O)[C@H](CCCN=C(N)N)NC(=O)C[C@@H](NC(=O)CO)C(=O)O)C(=O)O. The van der Waals surface area contributed by atoms with E-state index in [1.807, 2.05) is 5.32 Å². The number of amides is 5. The van der Waals surface area contributed by atoms with E-state index in [4.69, 9.17) is 16.6 Å². The van der Waals surface area contributed by atoms with Gasteiger partial charge in [-0.2, -0.15) is 0 Å². The average molecular weight is 605 g/mol. The maximum Gasteiger partial charge on any atom is 0.326 e. The van der Waals surface area contributed by atoms with Crippen molar-refractivity contribution < 1.29 is 54.0 Å². The quantitative estimate of drug-likeness (QED) is 0.0352. The molecule has 0 aliphatic rings. The molecule has 0 spiro atoms. The minimum Gasteiger partial charge on any atom is -0.480 e. The molecular weight excluding hydrogens is 564 g/mol. The van der Waals surface area contributed by atoms with Crippen LogP contribution in [0.3, 0.4) is 0 Å². The molecule has 0 radical (unpaired) electrons. The first-order chi connectivity index (χ1) is 19.7. The minimum absolute atomic E-state index is 0.0567. The number of aliphatic imine (C=N–C) groups is 1. The molecule has 19 nitrogen and oxygen atoms in total. The standard InChI is InChI=1S/C23H40N8O11/c1-11(19(37)30-13(21(39)40)5-6-16(34)26-2)15(9-32)31-20(38)12(4-3-7-27-23(24)25)28-17(35)8-14(22(41)42)29-18(36)10-33/h11-15,32-33H,3-10H2,1-2H3,(H,26,34)(H,28,35)(H,29,36)(H,30,37)(H,31,38)(H,39,40)(H,41,42)(H4,24,25,27)/t11-,12-,13+,14+,15-/m0/s1. The van der Waals surface area contributed by atoms with Gasteiger partial charge in [-0.15, -0.1) is 0 Å². The maximum atomic E-state index is 13.1. The number of carboxylic acid groups (broad SMARTS) is 2. The van der Waals surface area contributed by atoms with Gasteiger partial charge in [-0.05, 0) is 19.3 Å². The molecular formula is C23H40N8O11. The summed E-state index contributed by atoms with van der Waals surface area (Å²) in [5.74, 6) is -8.56. The molecule has 0 bridgehead atoms. The molecule has 0 aromatic carbocycles. The Morgan fingerprint density at radius 3 is 1.86 bits per heavy atom. The lowest BCUT2D eigenvalue weighted by atomic mass is 9.99. The first-order valence-corrected chi connectivity index (χ1v) is 12.8. The number of aliphatic hydroxyl groups is 2. The number of carboxylic acids is 2. The number of hydrogen-bond donors (Lipinski definition) is 11. The van der Waals surface area contributed by atoms with Crippen molar-refractivity contribution in [1.82, 2.24) is 26.6 Å². The first kappa shape index (κ1) is 37.5. The van der Waals surface area contributed by atoms with Crippen LogP contribution in [0.25, 0.3) is 0 Å². The Labute approximate surface area is 240 Å². The second-order valence-corrected chi connectivity index (χ2v) is 9.09. The molecule has 5 amide bonds. The van der Waals surface area contributed by atoms with Crippen molar-refractivity contribution in [2.24, 2.45) is 22.4 Å². The van der Waals surface area contributed by atoms with Crippen LogP contribution >= 0.6 is 0 Å². The van der Waals surface area contributed by atoms with Crippen molar-refractivity contribution in [2.45, 2.75) is 63.2 Å². The molecule has 0 saturated carbocycles. The topological polar surface area (TPSA) is 325 Å². The van der Waals surface area contributed by atoms with Crippen molar-refractivity contribution in [3.63, 3.8) is 0 Å². The van der Waals surface area contributed by atoms with Gasteiger partial charge >= 0.3 is 11.9 Å². The van der Waals surface area contributed by atoms with Gasteiger partial charge in [0.25, 0.3) is 0 Å². The molecule has 238 valence electrons. The van der Waals surface area contributed by atoms with E-state index in [-0.39, 0.29) is 38.2 Å². The van der Waals surface area contributed by atoms with Crippen LogP contribution in [0.2, 0.25) is 0 Å². The number of nitrogens with one attached hydrogen (secondary N) is 5. The molecule has 0 aromatic heterocycles. The van der Waals surface area contributed by atoms with Gasteiger partial charge in [0.15, 0.2) is 5.96 Å². The molecule has 0 saturated heterocycles. The van der Waals surface area contributed by atoms with Gasteiger partial charge in [0.1, 0.15) is 24.7 Å². The van der Waals surface area contributed by atoms with Gasteiger partial charge in [-0.1, -0.05) is 6.92 Å². The minimum atomic E-state index is -1.71. The molecule has 0 aliphatic heterocycles. The molecule has 0 rings (SSSR count). The van der Waals surface area contributed by atoms with Gasteiger partial charge in [-0.25, -0.2) is 9.59 Å². The van der Waals surface area contributed by atoms with Crippen LogP contribution in [0.1, 0.15) is 39.0 Å². The fourth-order valence-electron chi connectivity index (χ4n) is 3.41. The van der Waals surface area contributed by atoms with Crippen LogP contribution in [0.15, 0.2) is 4.99 Å². The van der Waals surface area contributed by atoms with Crippen LogP contribution in [-0.2, 0) is 33.6 Å². The number of guanidine groups is 1. The van der Waals surface area contributed by atoms with E-state index in [1.54, 1.807) is 0 Å². The number of carbonyl (C=O) groups is 7. The smallest absolute Gasteiger partial charge is 0.326 e. The highest BCUT2D eigenvalue weighted by molar-refractivity contribution is 5.92. The molecule has 42 heavy (non-hydrogen) atoms. The first-order valence-electron chi connectivity index (χ1n) is 12.8. The zero-order chi connectivity index (χ0) is 32.4. The van der Waals surface area contributed by atoms with E-state index in [2.05, 4.69) is 26.3 Å². The van der Waals surface area contributed by atoms with Crippen LogP contribution in [0.4, 0.5) is 0 Å². The van der Waals surface area contributed by atoms with E-state index in [1.165, 1.54) is 14.0 Å². The van der Waals surface area contributed by atoms with E-state index in [9.17, 15) is 48.9 Å². The Balaban J connectivity index is 5.60. The van der Waals surface area contributed by atoms with Crippen molar-refractivity contribution in [3.05, 3.63) is 0 Å². The van der Waals surface area contributed by atoms with E-state index in [0.29, 0.717) is 0 Å². The van der Waals surface area contributed by atoms with Crippen LogP contribution < -0.4 is 38.1 Å². The summed E-state index contributed by atoms with van der Waals surface area (Å²) in [6.07, 6.45) is -1.12. The molecule has 0 aliphatic carbocycles. The largest absolute Gasteiger partial charge is 0.480 e. The number of aliphatic carboxylic acids is 2. The number of aliphatic hydroxyl groups excluding tert-OH is 2. The summed E-state index contributed by atoms with van der Waals surface area (Å²) in [5, 5.41) is 48.5. The van der Waals surface area contributed by atoms with Gasteiger partial charge in [0, 0.05) is 20.0 Å². The molecule has 0 unspecified atom stereocenters. The Bertz CT molecular complexity index is 1000. The Morgan fingerprint density at radius 1 is 0.762 bits per heavy atom. The van der Waals surface area contributed by atoms with Gasteiger partial charge in [-0.3, -0.25) is 29.0 Å². The molecule has 0 heterocycles. The third-order valence-electron chi connectivity index (χ3n) is 5.86. The zero-order valence-corrected chi connectivity index (χ0v) is 23.3. The summed E-state index contributed by atoms with van der Waals surface area (Å²) in [6.45, 7) is -0.418. The van der Waals surface area contributed by atoms with Crippen LogP contribution in [0.5, 0.6) is 0 Å². The van der Waals surface area contributed by atoms with Gasteiger partial charge < -0.3 is 58.5 Å². The predicted molar refractivity (Wildman–Crippen MR) is 144 cm³/mol. The average Bonchev–Trinajstić information content (AvgIpc) is 2.93. The fourth-order valence-corrected chi connectivity index (χ4v) is 3.41. The monoisotopic (exact) mass is 604 g/mol. The number of hydrogen-bond acceptors (Lipinski definition) is 10. The summed E-state index contributed by atoms with van der Waals surface area (Å²) in [4.78, 5) is 87.9. The number of nitrogens with two attached hydrogens (primary N) is 2. The highest BCUT2D eigenvalue weighted by atomic mass is 16.4. The number of carbonyl (C=O) groups excluding carboxylic acids is 5. The molecule has 0 aromatic rings. The Hall–Kier alpha value is -4.52. The van der Waals surface area contributed by atoms with E-state index < -0.39 is 91.2 Å². The van der Waals surface area contributed by atoms with E-state index in [0.717, 1.165) is 0 Å². The normalized spacial score (nSPS) is 14.1. The highest BCUT2D eigenvalue weighted by Gasteiger charge is 2.32. The maximum absolute atomic E-state index is 13.1. The van der Waals surface area contributed by atoms with Crippen LogP contribution in [0, 0.1) is 5.92 Å². The number of rotatable bonds is 20. The Kier molecular flexibility index (Phi) is 17.4. The summed E-state index contributed by atoms with van der Waals surface area (Å²) in [6, 6.07) is -5.73. The summed E-state index contributed by atoms with van der Waals surface area (Å²) >= 11 is 0. The third-order valence-corrected chi connectivity index (χ3v) is 5.86. The summed E-state index contributed by atoms with van der Waals surface area (Å²) < 4.78 is 0. The molecule has 5 atom stereocenters. The fraction of sp³-hybridized carbons (Fsp3) is 0.652. The third kappa shape index (κ3) is 14.7. The Morgan fingerprint density at radius 2 is 1.36 bits per heavy atom. The highest BCUT2D eigenvalue weighted by Crippen LogP contribution is 2.08. The van der Waals surface area contributed by atoms with Crippen molar-refractivity contribution in [2.75, 3.05) is 26.8 Å². The summed E-state index contributed by atoms with van der Waals surface area (Å²) in [5.41, 5.74) is 10.5. The molecule has 13 N–H and O–H groups in total. The van der Waals surface area contributed by atoms with E-state index >= 15 is 0 Å². The van der Waals surface area contributed by atoms with Crippen molar-refractivity contribution in [1.29, 1.82) is 0 Å². The van der Waals surface area contributed by atoms with Crippen molar-refractivity contribution in [3.8, 4) is 0 Å². The lowest BCUT2D eigenvalue weighted by Crippen LogP contribution is -2.56.